The van der Waals surface area contributed by atoms with Crippen molar-refractivity contribution in [3.63, 3.8) is 0 Å². The van der Waals surface area contributed by atoms with E-state index in [1.165, 1.54) is 11.1 Å². The molecule has 0 aliphatic rings. The van der Waals surface area contributed by atoms with E-state index >= 15 is 0 Å². The van der Waals surface area contributed by atoms with Crippen LogP contribution in [0.25, 0.3) is 0 Å². The van der Waals surface area contributed by atoms with Crippen molar-refractivity contribution in [2.45, 2.75) is 13.1 Å². The molecule has 2 rings (SSSR count). The lowest BCUT2D eigenvalue weighted by atomic mass is 10.1. The first-order chi connectivity index (χ1) is 9.81. The highest BCUT2D eigenvalue weighted by molar-refractivity contribution is 5.34. The highest BCUT2D eigenvalue weighted by atomic mass is 16.3. The smallest absolute Gasteiger partial charge is 0.0558 e. The van der Waals surface area contributed by atoms with Crippen molar-refractivity contribution in [2.24, 2.45) is 0 Å². The van der Waals surface area contributed by atoms with Gasteiger partial charge in [-0.15, -0.1) is 6.42 Å². The lowest BCUT2D eigenvalue weighted by Crippen LogP contribution is -2.26. The van der Waals surface area contributed by atoms with E-state index in [9.17, 15) is 5.11 Å². The fourth-order valence-corrected chi connectivity index (χ4v) is 2.16. The van der Waals surface area contributed by atoms with Gasteiger partial charge in [-0.25, -0.2) is 0 Å². The summed E-state index contributed by atoms with van der Waals surface area (Å²) in [7, 11) is 0. The van der Waals surface area contributed by atoms with Gasteiger partial charge in [0.05, 0.1) is 6.61 Å². The molecule has 0 saturated heterocycles. The third-order valence-electron chi connectivity index (χ3n) is 3.19. The molecule has 0 heterocycles. The third kappa shape index (κ3) is 4.24. The van der Waals surface area contributed by atoms with Crippen molar-refractivity contribution in [3.05, 3.63) is 71.3 Å². The monoisotopic (exact) mass is 265 g/mol. The first kappa shape index (κ1) is 14.3. The van der Waals surface area contributed by atoms with Crippen molar-refractivity contribution in [2.75, 3.05) is 13.2 Å². The van der Waals surface area contributed by atoms with Crippen molar-refractivity contribution in [1.29, 1.82) is 0 Å². The number of hydrogen-bond acceptors (Lipinski definition) is 2. The standard InChI is InChI=1S/C18H19NO/c1-2-16-8-10-18(11-9-16)15-19(12-13-20)14-17-6-4-3-5-7-17/h1,3-11,20H,12-15H2. The van der Waals surface area contributed by atoms with E-state index in [4.69, 9.17) is 6.42 Å². The first-order valence-corrected chi connectivity index (χ1v) is 6.74. The van der Waals surface area contributed by atoms with Crippen LogP contribution in [0.4, 0.5) is 0 Å². The molecule has 2 aromatic carbocycles. The topological polar surface area (TPSA) is 23.5 Å². The lowest BCUT2D eigenvalue weighted by Gasteiger charge is -2.21. The second kappa shape index (κ2) is 7.49. The summed E-state index contributed by atoms with van der Waals surface area (Å²) < 4.78 is 0. The van der Waals surface area contributed by atoms with Crippen LogP contribution in [-0.2, 0) is 13.1 Å². The second-order valence-corrected chi connectivity index (χ2v) is 4.76. The lowest BCUT2D eigenvalue weighted by molar-refractivity contribution is 0.184. The summed E-state index contributed by atoms with van der Waals surface area (Å²) >= 11 is 0. The third-order valence-corrected chi connectivity index (χ3v) is 3.19. The Hall–Kier alpha value is -2.08. The average Bonchev–Trinajstić information content (AvgIpc) is 2.49. The normalized spacial score (nSPS) is 10.4. The number of benzene rings is 2. The van der Waals surface area contributed by atoms with Gasteiger partial charge >= 0.3 is 0 Å². The summed E-state index contributed by atoms with van der Waals surface area (Å²) in [5.74, 6) is 2.62. The van der Waals surface area contributed by atoms with Crippen molar-refractivity contribution in [3.8, 4) is 12.3 Å². The molecule has 0 spiro atoms. The number of aliphatic hydroxyl groups is 1. The molecule has 0 unspecified atom stereocenters. The fourth-order valence-electron chi connectivity index (χ4n) is 2.16. The summed E-state index contributed by atoms with van der Waals surface area (Å²) in [6.45, 7) is 2.46. The van der Waals surface area contributed by atoms with Gasteiger partial charge < -0.3 is 5.11 Å². The minimum Gasteiger partial charge on any atom is -0.395 e. The van der Waals surface area contributed by atoms with Gasteiger partial charge in [0.2, 0.25) is 0 Å². The first-order valence-electron chi connectivity index (χ1n) is 6.74. The summed E-state index contributed by atoms with van der Waals surface area (Å²) in [6, 6.07) is 18.3. The molecular weight excluding hydrogens is 246 g/mol. The van der Waals surface area contributed by atoms with Crippen LogP contribution in [0.3, 0.4) is 0 Å². The minimum atomic E-state index is 0.162. The molecule has 0 aliphatic heterocycles. The van der Waals surface area contributed by atoms with E-state index in [0.717, 1.165) is 18.7 Å². The quantitative estimate of drug-likeness (QED) is 0.812. The second-order valence-electron chi connectivity index (χ2n) is 4.76. The average molecular weight is 265 g/mol. The maximum atomic E-state index is 9.21. The van der Waals surface area contributed by atoms with E-state index in [1.807, 2.05) is 42.5 Å². The van der Waals surface area contributed by atoms with Crippen LogP contribution < -0.4 is 0 Å². The zero-order valence-electron chi connectivity index (χ0n) is 11.5. The predicted molar refractivity (Wildman–Crippen MR) is 82.0 cm³/mol. The zero-order valence-corrected chi connectivity index (χ0v) is 11.5. The largest absolute Gasteiger partial charge is 0.395 e. The maximum Gasteiger partial charge on any atom is 0.0558 e. The minimum absolute atomic E-state index is 0.162. The molecule has 20 heavy (non-hydrogen) atoms. The Bertz CT molecular complexity index is 554. The molecule has 0 radical (unpaired) electrons. The Morgan fingerprint density at radius 3 is 2.05 bits per heavy atom. The van der Waals surface area contributed by atoms with Crippen LogP contribution in [0.15, 0.2) is 54.6 Å². The summed E-state index contributed by atoms with van der Waals surface area (Å²) in [4.78, 5) is 2.22. The molecule has 0 amide bonds. The molecule has 0 aliphatic carbocycles. The van der Waals surface area contributed by atoms with Gasteiger partial charge in [-0.3, -0.25) is 4.90 Å². The summed E-state index contributed by atoms with van der Waals surface area (Å²) in [5, 5.41) is 9.21. The Kier molecular flexibility index (Phi) is 5.37. The van der Waals surface area contributed by atoms with Gasteiger partial charge in [0, 0.05) is 25.2 Å². The Morgan fingerprint density at radius 1 is 0.900 bits per heavy atom. The van der Waals surface area contributed by atoms with Crippen LogP contribution in [-0.4, -0.2) is 23.2 Å². The van der Waals surface area contributed by atoms with Crippen LogP contribution in [0.2, 0.25) is 0 Å². The Labute approximate surface area is 120 Å². The number of aliphatic hydroxyl groups excluding tert-OH is 1. The molecule has 1 N–H and O–H groups in total. The fraction of sp³-hybridized carbons (Fsp3) is 0.222. The molecule has 0 aromatic heterocycles. The van der Waals surface area contributed by atoms with Gasteiger partial charge in [0.25, 0.3) is 0 Å². The molecular formula is C18H19NO. The van der Waals surface area contributed by atoms with E-state index in [1.54, 1.807) is 0 Å². The molecule has 102 valence electrons. The van der Waals surface area contributed by atoms with Gasteiger partial charge in [-0.1, -0.05) is 48.4 Å². The predicted octanol–water partition coefficient (Wildman–Crippen LogP) is 2.66. The molecule has 0 fully saturated rings. The SMILES string of the molecule is C#Cc1ccc(CN(CCO)Cc2ccccc2)cc1. The maximum absolute atomic E-state index is 9.21. The van der Waals surface area contributed by atoms with Crippen molar-refractivity contribution in [1.82, 2.24) is 4.90 Å². The number of nitrogens with zero attached hydrogens (tertiary/aromatic N) is 1. The van der Waals surface area contributed by atoms with E-state index in [0.29, 0.717) is 6.54 Å². The van der Waals surface area contributed by atoms with Gasteiger partial charge in [-0.05, 0) is 23.3 Å². The van der Waals surface area contributed by atoms with Crippen molar-refractivity contribution >= 4 is 0 Å². The summed E-state index contributed by atoms with van der Waals surface area (Å²) in [5.41, 5.74) is 3.35. The van der Waals surface area contributed by atoms with Gasteiger partial charge in [-0.2, -0.15) is 0 Å². The Balaban J connectivity index is 2.03. The number of rotatable bonds is 6. The number of terminal acetylenes is 1. The van der Waals surface area contributed by atoms with Crippen LogP contribution >= 0.6 is 0 Å². The molecule has 0 atom stereocenters. The van der Waals surface area contributed by atoms with E-state index in [2.05, 4.69) is 23.0 Å². The van der Waals surface area contributed by atoms with Crippen LogP contribution in [0, 0.1) is 12.3 Å². The highest BCUT2D eigenvalue weighted by Gasteiger charge is 2.06. The molecule has 0 saturated carbocycles. The molecule has 2 heteroatoms. The van der Waals surface area contributed by atoms with Gasteiger partial charge in [0.1, 0.15) is 0 Å². The zero-order chi connectivity index (χ0) is 14.2. The van der Waals surface area contributed by atoms with Crippen LogP contribution in [0.5, 0.6) is 0 Å². The Morgan fingerprint density at radius 2 is 1.50 bits per heavy atom. The van der Waals surface area contributed by atoms with E-state index in [-0.39, 0.29) is 6.61 Å². The number of hydrogen-bond donors (Lipinski definition) is 1. The highest BCUT2D eigenvalue weighted by Crippen LogP contribution is 2.10. The van der Waals surface area contributed by atoms with Crippen LogP contribution in [0.1, 0.15) is 16.7 Å². The molecule has 2 aromatic rings. The molecule has 2 nitrogen and oxygen atoms in total. The summed E-state index contributed by atoms with van der Waals surface area (Å²) in [6.07, 6.45) is 5.36. The van der Waals surface area contributed by atoms with E-state index < -0.39 is 0 Å². The van der Waals surface area contributed by atoms with Gasteiger partial charge in [0.15, 0.2) is 0 Å². The molecule has 0 bridgehead atoms. The van der Waals surface area contributed by atoms with Crippen molar-refractivity contribution < 1.29 is 5.11 Å².